The molecule has 148 valence electrons. The first-order chi connectivity index (χ1) is 14.1. The largest absolute Gasteiger partial charge is 0.342 e. The molecule has 6 nitrogen and oxygen atoms in total. The summed E-state index contributed by atoms with van der Waals surface area (Å²) in [7, 11) is 0. The molecule has 2 amide bonds. The number of anilines is 1. The molecule has 7 heteroatoms. The van der Waals surface area contributed by atoms with E-state index >= 15 is 0 Å². The average Bonchev–Trinajstić information content (AvgIpc) is 3.30. The van der Waals surface area contributed by atoms with E-state index in [1.807, 2.05) is 24.3 Å². The average molecular weight is 393 g/mol. The molecule has 29 heavy (non-hydrogen) atoms. The number of hydrogen-bond donors (Lipinski definition) is 2. The van der Waals surface area contributed by atoms with Crippen molar-refractivity contribution in [2.75, 3.05) is 18.0 Å². The minimum absolute atomic E-state index is 0.182. The minimum atomic E-state index is -0.386. The van der Waals surface area contributed by atoms with Gasteiger partial charge in [-0.3, -0.25) is 9.59 Å². The number of halogens is 1. The van der Waals surface area contributed by atoms with Gasteiger partial charge in [0.2, 0.25) is 5.91 Å². The number of quaternary nitrogens is 1. The number of nitrogens with one attached hydrogen (secondary N) is 2. The lowest BCUT2D eigenvalue weighted by molar-refractivity contribution is -0.920. The van der Waals surface area contributed by atoms with Crippen molar-refractivity contribution in [3.8, 4) is 0 Å². The Hall–Kier alpha value is -3.06. The molecule has 2 saturated heterocycles. The lowest BCUT2D eigenvalue weighted by atomic mass is 9.95. The Morgan fingerprint density at radius 3 is 2.48 bits per heavy atom. The van der Waals surface area contributed by atoms with Crippen LogP contribution in [0.3, 0.4) is 0 Å². The second-order valence-electron chi connectivity index (χ2n) is 7.87. The van der Waals surface area contributed by atoms with Crippen molar-refractivity contribution >= 4 is 28.5 Å². The predicted octanol–water partition coefficient (Wildman–Crippen LogP) is 1.80. The van der Waals surface area contributed by atoms with Gasteiger partial charge in [-0.2, -0.15) is 0 Å². The third kappa shape index (κ3) is 3.21. The van der Waals surface area contributed by atoms with Crippen LogP contribution in [0.4, 0.5) is 10.1 Å². The van der Waals surface area contributed by atoms with Crippen LogP contribution in [-0.2, 0) is 9.59 Å². The zero-order valence-corrected chi connectivity index (χ0v) is 15.9. The summed E-state index contributed by atoms with van der Waals surface area (Å²) in [6, 6.07) is 13.2. The van der Waals surface area contributed by atoms with Gasteiger partial charge < -0.3 is 9.88 Å². The molecule has 1 atom stereocenters. The molecule has 2 fully saturated rings. The maximum atomic E-state index is 13.2. The molecule has 2 aliphatic heterocycles. The van der Waals surface area contributed by atoms with Crippen LogP contribution in [0.25, 0.3) is 11.0 Å². The molecule has 0 aliphatic carbocycles. The Kier molecular flexibility index (Phi) is 4.39. The number of imide groups is 1. The highest BCUT2D eigenvalue weighted by Gasteiger charge is 2.46. The zero-order chi connectivity index (χ0) is 20.0. The van der Waals surface area contributed by atoms with Crippen LogP contribution in [0.15, 0.2) is 48.5 Å². The Balaban J connectivity index is 1.27. The van der Waals surface area contributed by atoms with E-state index in [2.05, 4.69) is 4.98 Å². The number of benzene rings is 2. The summed E-state index contributed by atoms with van der Waals surface area (Å²) in [6.07, 6.45) is 2.05. The van der Waals surface area contributed by atoms with E-state index in [4.69, 9.17) is 4.98 Å². The number of hydrogen-bond acceptors (Lipinski definition) is 3. The number of aromatic amines is 1. The highest BCUT2D eigenvalue weighted by Crippen LogP contribution is 2.26. The Bertz CT molecular complexity index is 1040. The van der Waals surface area contributed by atoms with Crippen molar-refractivity contribution in [2.24, 2.45) is 0 Å². The minimum Gasteiger partial charge on any atom is -0.342 e. The molecular weight excluding hydrogens is 371 g/mol. The van der Waals surface area contributed by atoms with Gasteiger partial charge in [-0.1, -0.05) is 12.1 Å². The molecule has 0 unspecified atom stereocenters. The van der Waals surface area contributed by atoms with E-state index in [9.17, 15) is 14.0 Å². The maximum Gasteiger partial charge on any atom is 0.292 e. The molecule has 5 rings (SSSR count). The fraction of sp³-hybridized carbons (Fsp3) is 0.318. The van der Waals surface area contributed by atoms with Gasteiger partial charge in [0.05, 0.1) is 36.2 Å². The molecule has 2 N–H and O–H groups in total. The number of imidazole rings is 1. The molecule has 0 bridgehead atoms. The Morgan fingerprint density at radius 2 is 1.76 bits per heavy atom. The summed E-state index contributed by atoms with van der Waals surface area (Å²) in [4.78, 5) is 35.9. The highest BCUT2D eigenvalue weighted by molar-refractivity contribution is 6.21. The van der Waals surface area contributed by atoms with Gasteiger partial charge >= 0.3 is 0 Å². The fourth-order valence-corrected chi connectivity index (χ4v) is 4.59. The number of carbonyl (C=O) groups is 2. The summed E-state index contributed by atoms with van der Waals surface area (Å²) < 4.78 is 13.2. The summed E-state index contributed by atoms with van der Waals surface area (Å²) in [5.41, 5.74) is 2.47. The molecule has 3 aromatic rings. The summed E-state index contributed by atoms with van der Waals surface area (Å²) >= 11 is 0. The number of amides is 2. The van der Waals surface area contributed by atoms with Crippen LogP contribution in [-0.4, -0.2) is 40.9 Å². The van der Waals surface area contributed by atoms with Crippen molar-refractivity contribution in [1.82, 2.24) is 9.97 Å². The van der Waals surface area contributed by atoms with Crippen molar-refractivity contribution < 1.29 is 18.9 Å². The number of piperidine rings is 1. The quantitative estimate of drug-likeness (QED) is 0.667. The summed E-state index contributed by atoms with van der Waals surface area (Å²) in [5, 5.41) is 0. The van der Waals surface area contributed by atoms with E-state index in [0.717, 1.165) is 47.7 Å². The van der Waals surface area contributed by atoms with Gasteiger partial charge in [-0.15, -0.1) is 0 Å². The van der Waals surface area contributed by atoms with Gasteiger partial charge in [-0.05, 0) is 36.4 Å². The summed E-state index contributed by atoms with van der Waals surface area (Å²) in [6.45, 7) is 1.64. The summed E-state index contributed by atoms with van der Waals surface area (Å²) in [5.74, 6) is 0.568. The van der Waals surface area contributed by atoms with Crippen molar-refractivity contribution in [2.45, 2.75) is 31.2 Å². The number of likely N-dealkylation sites (tertiary alicyclic amines) is 1. The van der Waals surface area contributed by atoms with Gasteiger partial charge in [0.15, 0.2) is 6.04 Å². The lowest BCUT2D eigenvalue weighted by Gasteiger charge is -2.31. The molecule has 2 aromatic carbocycles. The Labute approximate surface area is 167 Å². The highest BCUT2D eigenvalue weighted by atomic mass is 19.1. The number of fused-ring (bicyclic) bond motifs is 1. The number of carbonyl (C=O) groups excluding carboxylic acids is 2. The number of rotatable bonds is 3. The number of nitrogens with zero attached hydrogens (tertiary/aromatic N) is 2. The first-order valence-electron chi connectivity index (χ1n) is 10.0. The smallest absolute Gasteiger partial charge is 0.292 e. The van der Waals surface area contributed by atoms with Crippen LogP contribution in [0, 0.1) is 5.82 Å². The maximum absolute atomic E-state index is 13.2. The predicted molar refractivity (Wildman–Crippen MR) is 106 cm³/mol. The van der Waals surface area contributed by atoms with Gasteiger partial charge in [-0.25, -0.2) is 14.3 Å². The molecule has 0 spiro atoms. The van der Waals surface area contributed by atoms with E-state index in [1.54, 1.807) is 0 Å². The number of H-pyrrole nitrogens is 1. The molecule has 1 aromatic heterocycles. The van der Waals surface area contributed by atoms with E-state index in [-0.39, 0.29) is 30.1 Å². The normalized spacial score (nSPS) is 25.1. The van der Waals surface area contributed by atoms with Gasteiger partial charge in [0, 0.05) is 18.8 Å². The molecule has 3 heterocycles. The third-order valence-corrected chi connectivity index (χ3v) is 6.15. The fourth-order valence-electron chi connectivity index (χ4n) is 4.59. The molecule has 0 saturated carbocycles. The Morgan fingerprint density at radius 1 is 1.03 bits per heavy atom. The second-order valence-corrected chi connectivity index (χ2v) is 7.87. The lowest BCUT2D eigenvalue weighted by Crippen LogP contribution is -3.17. The van der Waals surface area contributed by atoms with Gasteiger partial charge in [0.25, 0.3) is 5.91 Å². The first-order valence-corrected chi connectivity index (χ1v) is 10.0. The third-order valence-electron chi connectivity index (χ3n) is 6.15. The van der Waals surface area contributed by atoms with Crippen molar-refractivity contribution in [3.63, 3.8) is 0 Å². The van der Waals surface area contributed by atoms with E-state index < -0.39 is 0 Å². The molecule has 0 radical (unpaired) electrons. The van der Waals surface area contributed by atoms with Crippen molar-refractivity contribution in [3.05, 3.63) is 60.2 Å². The van der Waals surface area contributed by atoms with E-state index in [1.165, 1.54) is 29.2 Å². The van der Waals surface area contributed by atoms with Crippen LogP contribution in [0.5, 0.6) is 0 Å². The van der Waals surface area contributed by atoms with Crippen LogP contribution in [0.1, 0.15) is 31.0 Å². The first kappa shape index (κ1) is 18.0. The molecule has 2 aliphatic rings. The number of aromatic nitrogens is 2. The standard InChI is InChI=1S/C22H21FN4O2/c23-15-5-7-16(8-6-15)27-20(28)13-19(22(27)29)26-11-9-14(10-12-26)21-24-17-3-1-2-4-18(17)25-21/h1-8,14,19H,9-13H2,(H,24,25)/p+1/t19-/m0/s1. The topological polar surface area (TPSA) is 70.5 Å². The van der Waals surface area contributed by atoms with E-state index in [0.29, 0.717) is 11.6 Å². The second kappa shape index (κ2) is 7.08. The van der Waals surface area contributed by atoms with Crippen LogP contribution in [0.2, 0.25) is 0 Å². The van der Waals surface area contributed by atoms with Gasteiger partial charge in [0.1, 0.15) is 11.6 Å². The SMILES string of the molecule is O=C1C[C@H]([NH+]2CCC(c3nc4ccccc4[nH]3)CC2)C(=O)N1c1ccc(F)cc1. The van der Waals surface area contributed by atoms with Crippen LogP contribution < -0.4 is 9.80 Å². The molecular formula is C22H22FN4O2+. The zero-order valence-electron chi connectivity index (χ0n) is 15.9. The van der Waals surface area contributed by atoms with Crippen LogP contribution >= 0.6 is 0 Å². The van der Waals surface area contributed by atoms with Crippen molar-refractivity contribution in [1.29, 1.82) is 0 Å². The monoisotopic (exact) mass is 393 g/mol. The number of para-hydroxylation sites is 2.